The van der Waals surface area contributed by atoms with Gasteiger partial charge in [0, 0.05) is 5.75 Å². The van der Waals surface area contributed by atoms with E-state index in [0.29, 0.717) is 11.8 Å². The Labute approximate surface area is 147 Å². The maximum absolute atomic E-state index is 5.86. The van der Waals surface area contributed by atoms with Crippen molar-refractivity contribution in [3.8, 4) is 5.75 Å². The maximum Gasteiger partial charge on any atom is 0.180 e. The minimum atomic E-state index is 0.435. The smallest absolute Gasteiger partial charge is 0.180 e. The first kappa shape index (κ1) is 17.8. The van der Waals surface area contributed by atoms with Gasteiger partial charge in [-0.3, -0.25) is 0 Å². The minimum Gasteiger partial charge on any atom is -0.489 e. The van der Waals surface area contributed by atoms with Gasteiger partial charge in [-0.2, -0.15) is 5.10 Å². The van der Waals surface area contributed by atoms with E-state index in [9.17, 15) is 0 Å². The third-order valence-electron chi connectivity index (χ3n) is 2.94. The second-order valence-corrected chi connectivity index (χ2v) is 6.27. The number of ether oxygens (including phenoxy) is 1. The minimum absolute atomic E-state index is 0.435. The summed E-state index contributed by atoms with van der Waals surface area (Å²) in [6.07, 6.45) is 1.66. The maximum atomic E-state index is 5.86. The SMILES string of the molecule is C=C(C)COc1cccc(C=NN=C(N)SCc2ccccc2)c1. The third kappa shape index (κ3) is 6.71. The van der Waals surface area contributed by atoms with Crippen LogP contribution in [0.25, 0.3) is 0 Å². The van der Waals surface area contributed by atoms with Gasteiger partial charge in [0.1, 0.15) is 12.4 Å². The third-order valence-corrected chi connectivity index (χ3v) is 3.79. The van der Waals surface area contributed by atoms with Crippen LogP contribution in [0.5, 0.6) is 5.75 Å². The van der Waals surface area contributed by atoms with Crippen LogP contribution >= 0.6 is 11.8 Å². The molecule has 0 aromatic heterocycles. The molecule has 0 radical (unpaired) electrons. The van der Waals surface area contributed by atoms with E-state index >= 15 is 0 Å². The van der Waals surface area contributed by atoms with Gasteiger partial charge < -0.3 is 10.5 Å². The van der Waals surface area contributed by atoms with Crippen molar-refractivity contribution in [1.29, 1.82) is 0 Å². The molecular weight excluding hydrogens is 318 g/mol. The lowest BCUT2D eigenvalue weighted by atomic mass is 10.2. The average molecular weight is 339 g/mol. The molecule has 24 heavy (non-hydrogen) atoms. The lowest BCUT2D eigenvalue weighted by molar-refractivity contribution is 0.352. The van der Waals surface area contributed by atoms with Gasteiger partial charge in [0.25, 0.3) is 0 Å². The highest BCUT2D eigenvalue weighted by molar-refractivity contribution is 8.13. The van der Waals surface area contributed by atoms with Crippen LogP contribution in [0, 0.1) is 0 Å². The first-order valence-electron chi connectivity index (χ1n) is 7.54. The lowest BCUT2D eigenvalue weighted by Gasteiger charge is -2.05. The van der Waals surface area contributed by atoms with E-state index in [1.54, 1.807) is 6.21 Å². The molecule has 0 saturated carbocycles. The van der Waals surface area contributed by atoms with Crippen LogP contribution in [0.15, 0.2) is 77.0 Å². The summed E-state index contributed by atoms with van der Waals surface area (Å²) < 4.78 is 5.60. The zero-order valence-electron chi connectivity index (χ0n) is 13.7. The van der Waals surface area contributed by atoms with Gasteiger partial charge in [-0.25, -0.2) is 0 Å². The topological polar surface area (TPSA) is 60.0 Å². The summed E-state index contributed by atoms with van der Waals surface area (Å²) in [5.74, 6) is 1.55. The van der Waals surface area contributed by atoms with Crippen LogP contribution in [0.4, 0.5) is 0 Å². The van der Waals surface area contributed by atoms with Crippen molar-refractivity contribution in [1.82, 2.24) is 0 Å². The second-order valence-electron chi connectivity index (χ2n) is 5.28. The van der Waals surface area contributed by atoms with Gasteiger partial charge >= 0.3 is 0 Å². The van der Waals surface area contributed by atoms with Crippen LogP contribution in [0.2, 0.25) is 0 Å². The molecule has 5 heteroatoms. The Morgan fingerprint density at radius 3 is 2.75 bits per heavy atom. The largest absolute Gasteiger partial charge is 0.489 e. The molecule has 0 aliphatic rings. The molecule has 2 aromatic carbocycles. The first-order valence-corrected chi connectivity index (χ1v) is 8.52. The summed E-state index contributed by atoms with van der Waals surface area (Å²) in [5.41, 5.74) is 8.94. The number of amidine groups is 1. The highest BCUT2D eigenvalue weighted by Crippen LogP contribution is 2.13. The second kappa shape index (κ2) is 9.57. The lowest BCUT2D eigenvalue weighted by Crippen LogP contribution is -2.06. The summed E-state index contributed by atoms with van der Waals surface area (Å²) in [7, 11) is 0. The molecule has 0 bridgehead atoms. The van der Waals surface area contributed by atoms with Crippen molar-refractivity contribution in [2.24, 2.45) is 15.9 Å². The van der Waals surface area contributed by atoms with Crippen molar-refractivity contribution < 1.29 is 4.74 Å². The van der Waals surface area contributed by atoms with Gasteiger partial charge in [-0.15, -0.1) is 5.10 Å². The highest BCUT2D eigenvalue weighted by Gasteiger charge is 1.97. The number of rotatable bonds is 7. The zero-order chi connectivity index (χ0) is 17.2. The molecule has 0 unspecified atom stereocenters. The van der Waals surface area contributed by atoms with Crippen LogP contribution < -0.4 is 10.5 Å². The van der Waals surface area contributed by atoms with Crippen molar-refractivity contribution in [2.45, 2.75) is 12.7 Å². The molecule has 0 saturated heterocycles. The quantitative estimate of drug-likeness (QED) is 0.355. The Balaban J connectivity index is 1.87. The van der Waals surface area contributed by atoms with Gasteiger partial charge in [0.2, 0.25) is 0 Å². The monoisotopic (exact) mass is 339 g/mol. The van der Waals surface area contributed by atoms with Gasteiger partial charge in [-0.05, 0) is 35.8 Å². The number of nitrogens with two attached hydrogens (primary N) is 1. The summed E-state index contributed by atoms with van der Waals surface area (Å²) in [6.45, 7) is 6.24. The molecule has 2 N–H and O–H groups in total. The molecule has 0 atom stereocenters. The number of hydrogen-bond acceptors (Lipinski definition) is 4. The molecule has 4 nitrogen and oxygen atoms in total. The molecule has 0 fully saturated rings. The zero-order valence-corrected chi connectivity index (χ0v) is 14.5. The van der Waals surface area contributed by atoms with Gasteiger partial charge in [0.15, 0.2) is 5.17 Å². The van der Waals surface area contributed by atoms with Crippen molar-refractivity contribution >= 4 is 23.1 Å². The fourth-order valence-electron chi connectivity index (χ4n) is 1.80. The average Bonchev–Trinajstić information content (AvgIpc) is 2.59. The molecular formula is C19H21N3OS. The van der Waals surface area contributed by atoms with Crippen LogP contribution in [-0.2, 0) is 5.75 Å². The summed E-state index contributed by atoms with van der Waals surface area (Å²) in [5, 5.41) is 8.48. The van der Waals surface area contributed by atoms with Crippen LogP contribution in [-0.4, -0.2) is 18.0 Å². The Morgan fingerprint density at radius 1 is 1.21 bits per heavy atom. The Morgan fingerprint density at radius 2 is 2.00 bits per heavy atom. The molecule has 2 rings (SSSR count). The van der Waals surface area contributed by atoms with Gasteiger partial charge in [-0.1, -0.05) is 60.8 Å². The normalized spacial score (nSPS) is 11.6. The Hall–Kier alpha value is -2.53. The van der Waals surface area contributed by atoms with Crippen LogP contribution in [0.1, 0.15) is 18.1 Å². The number of benzene rings is 2. The summed E-state index contributed by atoms with van der Waals surface area (Å²) in [4.78, 5) is 0. The molecule has 0 heterocycles. The molecule has 0 spiro atoms. The van der Waals surface area contributed by atoms with Crippen LogP contribution in [0.3, 0.4) is 0 Å². The fraction of sp³-hybridized carbons (Fsp3) is 0.158. The Bertz CT molecular complexity index is 726. The van der Waals surface area contributed by atoms with Crippen molar-refractivity contribution in [3.63, 3.8) is 0 Å². The van der Waals surface area contributed by atoms with Crippen molar-refractivity contribution in [2.75, 3.05) is 6.61 Å². The summed E-state index contributed by atoms with van der Waals surface area (Å²) >= 11 is 1.46. The Kier molecular flexibility index (Phi) is 7.11. The van der Waals surface area contributed by atoms with E-state index in [0.717, 1.165) is 22.6 Å². The van der Waals surface area contributed by atoms with Gasteiger partial charge in [0.05, 0.1) is 6.21 Å². The standard InChI is InChI=1S/C19H21N3OS/c1-15(2)13-23-18-10-6-9-17(11-18)12-21-22-19(20)24-14-16-7-4-3-5-8-16/h3-12H,1,13-14H2,2H3,(H2,20,22). The number of hydrogen-bond donors (Lipinski definition) is 1. The number of nitrogens with zero attached hydrogens (tertiary/aromatic N) is 2. The van der Waals surface area contributed by atoms with E-state index in [1.165, 1.54) is 17.3 Å². The molecule has 124 valence electrons. The number of thioether (sulfide) groups is 1. The van der Waals surface area contributed by atoms with E-state index in [1.807, 2.05) is 49.4 Å². The fourth-order valence-corrected chi connectivity index (χ4v) is 2.42. The molecule has 2 aromatic rings. The highest BCUT2D eigenvalue weighted by atomic mass is 32.2. The predicted octanol–water partition coefficient (Wildman–Crippen LogP) is 4.22. The van der Waals surface area contributed by atoms with E-state index in [2.05, 4.69) is 28.9 Å². The van der Waals surface area contributed by atoms with E-state index in [4.69, 9.17) is 10.5 Å². The molecule has 0 aliphatic carbocycles. The predicted molar refractivity (Wildman–Crippen MR) is 104 cm³/mol. The first-order chi connectivity index (χ1) is 11.6. The van der Waals surface area contributed by atoms with E-state index < -0.39 is 0 Å². The molecule has 0 aliphatic heterocycles. The molecule has 0 amide bonds. The van der Waals surface area contributed by atoms with E-state index in [-0.39, 0.29) is 0 Å². The van der Waals surface area contributed by atoms with Crippen molar-refractivity contribution in [3.05, 3.63) is 77.9 Å². The summed E-state index contributed by atoms with van der Waals surface area (Å²) in [6, 6.07) is 17.7.